The summed E-state index contributed by atoms with van der Waals surface area (Å²) in [7, 11) is 0. The van der Waals surface area contributed by atoms with Crippen molar-refractivity contribution in [3.05, 3.63) is 22.2 Å². The number of nitro groups is 1. The van der Waals surface area contributed by atoms with Crippen LogP contribution < -0.4 is 10.5 Å². The summed E-state index contributed by atoms with van der Waals surface area (Å²) in [6.07, 6.45) is 3.70. The molecule has 1 aliphatic carbocycles. The molecular formula is C12H14N4O4. The fourth-order valence-electron chi connectivity index (χ4n) is 2.54. The van der Waals surface area contributed by atoms with E-state index >= 15 is 0 Å². The third-order valence-electron chi connectivity index (χ3n) is 3.51. The highest BCUT2D eigenvalue weighted by Gasteiger charge is 2.25. The maximum Gasteiger partial charge on any atom is 0.301 e. The molecule has 1 aliphatic rings. The van der Waals surface area contributed by atoms with Crippen LogP contribution in [0.4, 0.5) is 5.69 Å². The molecule has 2 N–H and O–H groups in total. The van der Waals surface area contributed by atoms with E-state index in [0.29, 0.717) is 5.75 Å². The Bertz CT molecular complexity index is 641. The number of aromatic nitrogens is 2. The molecule has 0 saturated heterocycles. The first-order chi connectivity index (χ1) is 9.65. The first-order valence-corrected chi connectivity index (χ1v) is 6.47. The smallest absolute Gasteiger partial charge is 0.301 e. The molecule has 0 amide bonds. The number of benzene rings is 1. The molecule has 2 unspecified atom stereocenters. The van der Waals surface area contributed by atoms with Gasteiger partial charge in [-0.25, -0.2) is 4.63 Å². The molecule has 20 heavy (non-hydrogen) atoms. The van der Waals surface area contributed by atoms with Gasteiger partial charge in [0.15, 0.2) is 11.3 Å². The number of ether oxygens (including phenoxy) is 1. The second-order valence-corrected chi connectivity index (χ2v) is 4.97. The minimum absolute atomic E-state index is 0.0000983. The average Bonchev–Trinajstić information content (AvgIpc) is 2.88. The predicted octanol–water partition coefficient (Wildman–Crippen LogP) is 1.78. The molecule has 0 bridgehead atoms. The second kappa shape index (κ2) is 5.04. The van der Waals surface area contributed by atoms with Gasteiger partial charge in [-0.05, 0) is 42.1 Å². The summed E-state index contributed by atoms with van der Waals surface area (Å²) in [4.78, 5) is 10.4. The van der Waals surface area contributed by atoms with Crippen LogP contribution in [0.15, 0.2) is 16.8 Å². The number of hydrogen-bond donors (Lipinski definition) is 1. The van der Waals surface area contributed by atoms with Crippen molar-refractivity contribution in [1.29, 1.82) is 0 Å². The molecule has 106 valence electrons. The molecule has 0 spiro atoms. The van der Waals surface area contributed by atoms with Crippen molar-refractivity contribution in [1.82, 2.24) is 10.3 Å². The SMILES string of the molecule is NC1CCCC(Oc2ccc([N+](=O)[O-])c3nonc23)C1. The van der Waals surface area contributed by atoms with E-state index < -0.39 is 4.92 Å². The minimum atomic E-state index is -0.521. The van der Waals surface area contributed by atoms with Crippen LogP contribution in [0, 0.1) is 10.1 Å². The first kappa shape index (κ1) is 12.8. The van der Waals surface area contributed by atoms with Crippen LogP contribution in [-0.4, -0.2) is 27.4 Å². The standard InChI is InChI=1S/C12H14N4O4/c13-7-2-1-3-8(6-7)19-10-5-4-9(16(17)18)11-12(10)15-20-14-11/h4-5,7-8H,1-3,6,13H2. The molecule has 1 heterocycles. The summed E-state index contributed by atoms with van der Waals surface area (Å²) in [6.45, 7) is 0. The zero-order chi connectivity index (χ0) is 14.1. The molecular weight excluding hydrogens is 264 g/mol. The van der Waals surface area contributed by atoms with Crippen molar-refractivity contribution in [2.45, 2.75) is 37.8 Å². The number of nitrogens with two attached hydrogens (primary N) is 1. The molecule has 1 fully saturated rings. The highest BCUT2D eigenvalue weighted by molar-refractivity contribution is 5.88. The Morgan fingerprint density at radius 3 is 2.90 bits per heavy atom. The minimum Gasteiger partial charge on any atom is -0.488 e. The van der Waals surface area contributed by atoms with Crippen molar-refractivity contribution in [2.24, 2.45) is 5.73 Å². The summed E-state index contributed by atoms with van der Waals surface area (Å²) in [5, 5.41) is 18.2. The molecule has 0 radical (unpaired) electrons. The van der Waals surface area contributed by atoms with Crippen LogP contribution in [-0.2, 0) is 0 Å². The summed E-state index contributed by atoms with van der Waals surface area (Å²) in [5.41, 5.74) is 6.16. The number of fused-ring (bicyclic) bond motifs is 1. The second-order valence-electron chi connectivity index (χ2n) is 4.97. The van der Waals surface area contributed by atoms with Crippen molar-refractivity contribution in [3.63, 3.8) is 0 Å². The van der Waals surface area contributed by atoms with Crippen molar-refractivity contribution in [3.8, 4) is 5.75 Å². The third-order valence-corrected chi connectivity index (χ3v) is 3.51. The van der Waals surface area contributed by atoms with E-state index in [2.05, 4.69) is 14.9 Å². The largest absolute Gasteiger partial charge is 0.488 e. The maximum absolute atomic E-state index is 10.9. The molecule has 2 aromatic rings. The van der Waals surface area contributed by atoms with Gasteiger partial charge >= 0.3 is 5.69 Å². The normalized spacial score (nSPS) is 22.9. The van der Waals surface area contributed by atoms with Gasteiger partial charge < -0.3 is 10.5 Å². The number of rotatable bonds is 3. The maximum atomic E-state index is 10.9. The van der Waals surface area contributed by atoms with Crippen LogP contribution in [0.2, 0.25) is 0 Å². The Kier molecular flexibility index (Phi) is 3.23. The summed E-state index contributed by atoms with van der Waals surface area (Å²) >= 11 is 0. The molecule has 0 aliphatic heterocycles. The predicted molar refractivity (Wildman–Crippen MR) is 69.3 cm³/mol. The van der Waals surface area contributed by atoms with Crippen molar-refractivity contribution >= 4 is 16.7 Å². The van der Waals surface area contributed by atoms with Crippen LogP contribution in [0.25, 0.3) is 11.0 Å². The zero-order valence-electron chi connectivity index (χ0n) is 10.7. The van der Waals surface area contributed by atoms with Crippen molar-refractivity contribution in [2.75, 3.05) is 0 Å². The van der Waals surface area contributed by atoms with Crippen LogP contribution in [0.1, 0.15) is 25.7 Å². The van der Waals surface area contributed by atoms with E-state index in [1.807, 2.05) is 0 Å². The van der Waals surface area contributed by atoms with Gasteiger partial charge in [0.05, 0.1) is 4.92 Å². The molecule has 1 aromatic heterocycles. The van der Waals surface area contributed by atoms with Gasteiger partial charge in [0.2, 0.25) is 5.52 Å². The van der Waals surface area contributed by atoms with Crippen molar-refractivity contribution < 1.29 is 14.3 Å². The lowest BCUT2D eigenvalue weighted by Gasteiger charge is -2.27. The van der Waals surface area contributed by atoms with E-state index in [0.717, 1.165) is 25.7 Å². The lowest BCUT2D eigenvalue weighted by atomic mass is 9.93. The highest BCUT2D eigenvalue weighted by atomic mass is 16.6. The van der Waals surface area contributed by atoms with Gasteiger partial charge in [-0.15, -0.1) is 0 Å². The topological polar surface area (TPSA) is 117 Å². The van der Waals surface area contributed by atoms with E-state index in [9.17, 15) is 10.1 Å². The van der Waals surface area contributed by atoms with E-state index in [1.54, 1.807) is 0 Å². The highest BCUT2D eigenvalue weighted by Crippen LogP contribution is 2.32. The van der Waals surface area contributed by atoms with Gasteiger partial charge in [0.1, 0.15) is 6.10 Å². The molecule has 8 nitrogen and oxygen atoms in total. The van der Waals surface area contributed by atoms with Gasteiger partial charge in [-0.1, -0.05) is 0 Å². The van der Waals surface area contributed by atoms with E-state index in [1.165, 1.54) is 12.1 Å². The summed E-state index contributed by atoms with van der Waals surface area (Å²) in [6, 6.07) is 3.02. The van der Waals surface area contributed by atoms with Crippen LogP contribution in [0.5, 0.6) is 5.75 Å². The number of non-ortho nitro benzene ring substituents is 1. The molecule has 8 heteroatoms. The Hall–Kier alpha value is -2.22. The van der Waals surface area contributed by atoms with Gasteiger partial charge in [-0.3, -0.25) is 10.1 Å². The van der Waals surface area contributed by atoms with Gasteiger partial charge in [0, 0.05) is 12.1 Å². The lowest BCUT2D eigenvalue weighted by Crippen LogP contribution is -2.33. The first-order valence-electron chi connectivity index (χ1n) is 6.47. The average molecular weight is 278 g/mol. The summed E-state index contributed by atoms with van der Waals surface area (Å²) < 4.78 is 10.5. The molecule has 2 atom stereocenters. The quantitative estimate of drug-likeness (QED) is 0.671. The van der Waals surface area contributed by atoms with Gasteiger partial charge in [0.25, 0.3) is 0 Å². The number of hydrogen-bond acceptors (Lipinski definition) is 7. The zero-order valence-corrected chi connectivity index (χ0v) is 10.7. The Morgan fingerprint density at radius 1 is 1.35 bits per heavy atom. The Labute approximate surface area is 114 Å². The summed E-state index contributed by atoms with van der Waals surface area (Å²) in [5.74, 6) is 0.450. The van der Waals surface area contributed by atoms with Crippen LogP contribution >= 0.6 is 0 Å². The fourth-order valence-corrected chi connectivity index (χ4v) is 2.54. The number of nitrogens with zero attached hydrogens (tertiary/aromatic N) is 3. The lowest BCUT2D eigenvalue weighted by molar-refractivity contribution is -0.383. The molecule has 3 rings (SSSR count). The monoisotopic (exact) mass is 278 g/mol. The number of nitro benzene ring substituents is 1. The Balaban J connectivity index is 1.90. The third kappa shape index (κ3) is 2.29. The molecule has 1 aromatic carbocycles. The van der Waals surface area contributed by atoms with E-state index in [-0.39, 0.29) is 28.9 Å². The van der Waals surface area contributed by atoms with Gasteiger partial charge in [-0.2, -0.15) is 0 Å². The van der Waals surface area contributed by atoms with E-state index in [4.69, 9.17) is 10.5 Å². The Morgan fingerprint density at radius 2 is 2.15 bits per heavy atom. The van der Waals surface area contributed by atoms with Crippen LogP contribution in [0.3, 0.4) is 0 Å². The fraction of sp³-hybridized carbons (Fsp3) is 0.500. The molecule has 1 saturated carbocycles.